The van der Waals surface area contributed by atoms with Gasteiger partial charge in [0.25, 0.3) is 0 Å². The van der Waals surface area contributed by atoms with Gasteiger partial charge in [0.2, 0.25) is 10.0 Å². The van der Waals surface area contributed by atoms with E-state index in [0.29, 0.717) is 11.3 Å². The molecule has 2 rings (SSSR count). The summed E-state index contributed by atoms with van der Waals surface area (Å²) >= 11 is 0. The van der Waals surface area contributed by atoms with E-state index in [1.807, 2.05) is 13.0 Å². The maximum atomic E-state index is 12.8. The van der Waals surface area contributed by atoms with Crippen LogP contribution in [-0.2, 0) is 16.4 Å². The molecule has 112 valence electrons. The SMILES string of the molecule is Cc1ccc(S(=O)(=O)NCCc2ccc(F)cc2)c(C)c1. The Morgan fingerprint density at radius 3 is 2.33 bits per heavy atom. The lowest BCUT2D eigenvalue weighted by Gasteiger charge is -2.10. The summed E-state index contributed by atoms with van der Waals surface area (Å²) in [7, 11) is -3.51. The first-order valence-electron chi connectivity index (χ1n) is 6.70. The zero-order chi connectivity index (χ0) is 15.5. The molecule has 0 atom stereocenters. The van der Waals surface area contributed by atoms with Crippen LogP contribution in [0, 0.1) is 19.7 Å². The summed E-state index contributed by atoms with van der Waals surface area (Å²) in [5, 5.41) is 0. The maximum absolute atomic E-state index is 12.8. The van der Waals surface area contributed by atoms with Crippen molar-refractivity contribution in [2.45, 2.75) is 25.2 Å². The Labute approximate surface area is 124 Å². The molecule has 0 heterocycles. The Kier molecular flexibility index (Phi) is 4.75. The predicted octanol–water partition coefficient (Wildman–Crippen LogP) is 2.96. The topological polar surface area (TPSA) is 46.2 Å². The number of rotatable bonds is 5. The van der Waals surface area contributed by atoms with E-state index in [4.69, 9.17) is 0 Å². The number of hydrogen-bond acceptors (Lipinski definition) is 2. The molecule has 0 aliphatic carbocycles. The van der Waals surface area contributed by atoms with Crippen LogP contribution >= 0.6 is 0 Å². The molecule has 0 radical (unpaired) electrons. The van der Waals surface area contributed by atoms with Crippen LogP contribution in [0.1, 0.15) is 16.7 Å². The van der Waals surface area contributed by atoms with E-state index in [-0.39, 0.29) is 12.4 Å². The average Bonchev–Trinajstić information content (AvgIpc) is 2.40. The van der Waals surface area contributed by atoms with Crippen LogP contribution in [0.3, 0.4) is 0 Å². The molecule has 0 aliphatic heterocycles. The minimum Gasteiger partial charge on any atom is -0.211 e. The Balaban J connectivity index is 2.03. The zero-order valence-corrected chi connectivity index (χ0v) is 12.9. The first-order valence-corrected chi connectivity index (χ1v) is 8.18. The summed E-state index contributed by atoms with van der Waals surface area (Å²) in [6.45, 7) is 3.98. The molecule has 0 aromatic heterocycles. The Bertz CT molecular complexity index is 724. The van der Waals surface area contributed by atoms with E-state index in [1.165, 1.54) is 12.1 Å². The van der Waals surface area contributed by atoms with Crippen LogP contribution in [0.5, 0.6) is 0 Å². The summed E-state index contributed by atoms with van der Waals surface area (Å²) < 4.78 is 39.8. The van der Waals surface area contributed by atoms with Crippen molar-refractivity contribution in [1.82, 2.24) is 4.72 Å². The lowest BCUT2D eigenvalue weighted by Crippen LogP contribution is -2.26. The monoisotopic (exact) mass is 307 g/mol. The van der Waals surface area contributed by atoms with E-state index in [1.54, 1.807) is 31.2 Å². The number of aryl methyl sites for hydroxylation is 2. The molecule has 0 bridgehead atoms. The number of halogens is 1. The normalized spacial score (nSPS) is 11.6. The van der Waals surface area contributed by atoms with Crippen molar-refractivity contribution in [3.63, 3.8) is 0 Å². The van der Waals surface area contributed by atoms with Gasteiger partial charge in [0.1, 0.15) is 5.82 Å². The van der Waals surface area contributed by atoms with E-state index in [0.717, 1.165) is 16.7 Å². The molecule has 1 N–H and O–H groups in total. The van der Waals surface area contributed by atoms with Crippen molar-refractivity contribution in [2.75, 3.05) is 6.54 Å². The van der Waals surface area contributed by atoms with Crippen LogP contribution in [0.4, 0.5) is 4.39 Å². The molecule has 21 heavy (non-hydrogen) atoms. The Hall–Kier alpha value is -1.72. The molecular formula is C16H18FNO2S. The number of sulfonamides is 1. The third kappa shape index (κ3) is 4.12. The molecule has 2 aromatic rings. The highest BCUT2D eigenvalue weighted by atomic mass is 32.2. The Morgan fingerprint density at radius 2 is 1.71 bits per heavy atom. The predicted molar refractivity (Wildman–Crippen MR) is 81.2 cm³/mol. The van der Waals surface area contributed by atoms with Gasteiger partial charge in [-0.2, -0.15) is 0 Å². The maximum Gasteiger partial charge on any atom is 0.240 e. The molecule has 2 aromatic carbocycles. The molecule has 0 unspecified atom stereocenters. The van der Waals surface area contributed by atoms with E-state index >= 15 is 0 Å². The third-order valence-electron chi connectivity index (χ3n) is 3.24. The molecule has 0 aliphatic rings. The molecule has 0 spiro atoms. The lowest BCUT2D eigenvalue weighted by atomic mass is 10.1. The highest BCUT2D eigenvalue weighted by Crippen LogP contribution is 2.16. The minimum absolute atomic E-state index is 0.279. The van der Waals surface area contributed by atoms with Gasteiger partial charge in [-0.05, 0) is 49.6 Å². The van der Waals surface area contributed by atoms with Gasteiger partial charge in [0.15, 0.2) is 0 Å². The Morgan fingerprint density at radius 1 is 1.05 bits per heavy atom. The molecule has 0 saturated carbocycles. The van der Waals surface area contributed by atoms with Crippen molar-refractivity contribution < 1.29 is 12.8 Å². The molecule has 0 fully saturated rings. The fraction of sp³-hybridized carbons (Fsp3) is 0.250. The molecule has 3 nitrogen and oxygen atoms in total. The molecule has 0 amide bonds. The van der Waals surface area contributed by atoms with Crippen molar-refractivity contribution in [3.05, 3.63) is 65.0 Å². The summed E-state index contributed by atoms with van der Waals surface area (Å²) in [5.74, 6) is -0.297. The second kappa shape index (κ2) is 6.37. The summed E-state index contributed by atoms with van der Waals surface area (Å²) in [5.41, 5.74) is 2.64. The molecule has 5 heteroatoms. The van der Waals surface area contributed by atoms with Crippen LogP contribution in [0.25, 0.3) is 0 Å². The zero-order valence-electron chi connectivity index (χ0n) is 12.1. The van der Waals surface area contributed by atoms with Gasteiger partial charge in [0, 0.05) is 6.54 Å². The van der Waals surface area contributed by atoms with Crippen LogP contribution in [-0.4, -0.2) is 15.0 Å². The second-order valence-electron chi connectivity index (χ2n) is 5.04. The minimum atomic E-state index is -3.51. The lowest BCUT2D eigenvalue weighted by molar-refractivity contribution is 0.581. The van der Waals surface area contributed by atoms with Gasteiger partial charge in [0.05, 0.1) is 4.90 Å². The van der Waals surface area contributed by atoms with Gasteiger partial charge >= 0.3 is 0 Å². The summed E-state index contributed by atoms with van der Waals surface area (Å²) in [6, 6.07) is 11.3. The van der Waals surface area contributed by atoms with Crippen LogP contribution < -0.4 is 4.72 Å². The van der Waals surface area contributed by atoms with Crippen LogP contribution in [0.2, 0.25) is 0 Å². The highest BCUT2D eigenvalue weighted by Gasteiger charge is 2.15. The highest BCUT2D eigenvalue weighted by molar-refractivity contribution is 7.89. The summed E-state index contributed by atoms with van der Waals surface area (Å²) in [6.07, 6.45) is 0.518. The van der Waals surface area contributed by atoms with Crippen molar-refractivity contribution in [2.24, 2.45) is 0 Å². The number of nitrogens with one attached hydrogen (secondary N) is 1. The summed E-state index contributed by atoms with van der Waals surface area (Å²) in [4.78, 5) is 0.298. The van der Waals surface area contributed by atoms with Gasteiger partial charge < -0.3 is 0 Å². The fourth-order valence-corrected chi connectivity index (χ4v) is 3.42. The second-order valence-corrected chi connectivity index (χ2v) is 6.78. The smallest absolute Gasteiger partial charge is 0.211 e. The molecule has 0 saturated heterocycles. The standard InChI is InChI=1S/C16H18FNO2S/c1-12-3-8-16(13(2)11-12)21(19,20)18-10-9-14-4-6-15(17)7-5-14/h3-8,11,18H,9-10H2,1-2H3. The van der Waals surface area contributed by atoms with Gasteiger partial charge in [-0.25, -0.2) is 17.5 Å². The number of hydrogen-bond donors (Lipinski definition) is 1. The average molecular weight is 307 g/mol. The van der Waals surface area contributed by atoms with Crippen molar-refractivity contribution in [1.29, 1.82) is 0 Å². The first kappa shape index (κ1) is 15.7. The number of benzene rings is 2. The quantitative estimate of drug-likeness (QED) is 0.923. The van der Waals surface area contributed by atoms with Gasteiger partial charge in [-0.15, -0.1) is 0 Å². The third-order valence-corrected chi connectivity index (χ3v) is 4.86. The first-order chi connectivity index (χ1) is 9.88. The van der Waals surface area contributed by atoms with E-state index in [9.17, 15) is 12.8 Å². The van der Waals surface area contributed by atoms with E-state index in [2.05, 4.69) is 4.72 Å². The van der Waals surface area contributed by atoms with Gasteiger partial charge in [-0.3, -0.25) is 0 Å². The largest absolute Gasteiger partial charge is 0.240 e. The van der Waals surface area contributed by atoms with E-state index < -0.39 is 10.0 Å². The molecular weight excluding hydrogens is 289 g/mol. The fourth-order valence-electron chi connectivity index (χ4n) is 2.16. The van der Waals surface area contributed by atoms with Crippen molar-refractivity contribution in [3.8, 4) is 0 Å². The van der Waals surface area contributed by atoms with Crippen molar-refractivity contribution >= 4 is 10.0 Å². The van der Waals surface area contributed by atoms with Gasteiger partial charge in [-0.1, -0.05) is 29.8 Å². The van der Waals surface area contributed by atoms with Crippen LogP contribution in [0.15, 0.2) is 47.4 Å².